The van der Waals surface area contributed by atoms with Gasteiger partial charge in [-0.2, -0.15) is 5.26 Å². The average Bonchev–Trinajstić information content (AvgIpc) is 3.46. The van der Waals surface area contributed by atoms with E-state index in [0.29, 0.717) is 0 Å². The number of aromatic nitrogens is 1. The number of hydrogen-bond acceptors (Lipinski definition) is 2. The Morgan fingerprint density at radius 1 is 0.407 bits per heavy atom. The van der Waals surface area contributed by atoms with E-state index in [2.05, 4.69) is 194 Å². The molecule has 0 bridgehead atoms. The summed E-state index contributed by atoms with van der Waals surface area (Å²) < 4.78 is 1.72. The molecular formula is C51H35N3. The first-order valence-electron chi connectivity index (χ1n) is 18.4. The topological polar surface area (TPSA) is 32.0 Å². The molecule has 0 spiro atoms. The quantitative estimate of drug-likeness (QED) is 0.169. The molecular weight excluding hydrogens is 655 g/mol. The lowest BCUT2D eigenvalue weighted by atomic mass is 9.98. The van der Waals surface area contributed by atoms with Crippen molar-refractivity contribution < 1.29 is 0 Å². The largest absolute Gasteiger partial charge is 0.310 e. The van der Waals surface area contributed by atoms with Crippen LogP contribution in [0.5, 0.6) is 0 Å². The van der Waals surface area contributed by atoms with Crippen LogP contribution in [-0.4, -0.2) is 4.57 Å². The molecule has 9 aromatic carbocycles. The zero-order chi connectivity index (χ0) is 36.3. The number of benzene rings is 9. The van der Waals surface area contributed by atoms with E-state index in [1.54, 1.807) is 4.57 Å². The Labute approximate surface area is 314 Å². The second-order valence-electron chi connectivity index (χ2n) is 14.3. The minimum Gasteiger partial charge on any atom is -0.310 e. The van der Waals surface area contributed by atoms with Crippen molar-refractivity contribution in [3.05, 3.63) is 187 Å². The Balaban J connectivity index is 1.05. The highest BCUT2D eigenvalue weighted by molar-refractivity contribution is 6.01. The van der Waals surface area contributed by atoms with E-state index < -0.39 is 0 Å². The lowest BCUT2D eigenvalue weighted by molar-refractivity contribution is 1.06. The zero-order valence-corrected chi connectivity index (χ0v) is 30.1. The van der Waals surface area contributed by atoms with Crippen LogP contribution in [0.1, 0.15) is 11.3 Å². The van der Waals surface area contributed by atoms with Crippen molar-refractivity contribution in [3.63, 3.8) is 0 Å². The first kappa shape index (κ1) is 31.6. The second kappa shape index (κ2) is 12.5. The van der Waals surface area contributed by atoms with Crippen molar-refractivity contribution in [1.82, 2.24) is 4.57 Å². The van der Waals surface area contributed by atoms with Crippen molar-refractivity contribution in [1.29, 1.82) is 5.26 Å². The smallest absolute Gasteiger partial charge is 0.189 e. The van der Waals surface area contributed by atoms with Crippen LogP contribution >= 0.6 is 0 Å². The van der Waals surface area contributed by atoms with Gasteiger partial charge in [-0.15, -0.1) is 0 Å². The fourth-order valence-electron chi connectivity index (χ4n) is 8.12. The van der Waals surface area contributed by atoms with Crippen molar-refractivity contribution in [2.45, 2.75) is 13.8 Å². The lowest BCUT2D eigenvalue weighted by Gasteiger charge is -2.26. The van der Waals surface area contributed by atoms with E-state index in [9.17, 15) is 5.26 Å². The molecule has 0 aliphatic carbocycles. The first-order chi connectivity index (χ1) is 26.5. The van der Waals surface area contributed by atoms with Crippen LogP contribution in [0.4, 0.5) is 17.1 Å². The Morgan fingerprint density at radius 3 is 1.28 bits per heavy atom. The van der Waals surface area contributed by atoms with Crippen LogP contribution in [0.3, 0.4) is 0 Å². The molecule has 3 nitrogen and oxygen atoms in total. The Hall–Kier alpha value is -7.15. The maximum atomic E-state index is 9.92. The Kier molecular flexibility index (Phi) is 7.32. The number of aryl methyl sites for hydroxylation is 1. The molecule has 0 fully saturated rings. The highest BCUT2D eigenvalue weighted by Crippen LogP contribution is 2.40. The SMILES string of the molecule is Cc1c(C)n(C#N)c2ccc(N(c3ccc(-c4ccc5cc6ccccc6cc5c4)cc3)c3ccc(-c4ccc5cc6ccccc6cc5c4)cc3)cc12. The van der Waals surface area contributed by atoms with Gasteiger partial charge < -0.3 is 4.90 Å². The fourth-order valence-corrected chi connectivity index (χ4v) is 8.12. The van der Waals surface area contributed by atoms with Gasteiger partial charge >= 0.3 is 0 Å². The Morgan fingerprint density at radius 2 is 0.815 bits per heavy atom. The second-order valence-corrected chi connectivity index (χ2v) is 14.3. The third-order valence-electron chi connectivity index (χ3n) is 11.2. The lowest BCUT2D eigenvalue weighted by Crippen LogP contribution is -2.10. The molecule has 0 saturated heterocycles. The van der Waals surface area contributed by atoms with Gasteiger partial charge in [-0.1, -0.05) is 97.1 Å². The minimum atomic E-state index is 0.926. The van der Waals surface area contributed by atoms with E-state index in [1.807, 2.05) is 6.92 Å². The predicted molar refractivity (Wildman–Crippen MR) is 228 cm³/mol. The molecule has 1 aromatic heterocycles. The van der Waals surface area contributed by atoms with Gasteiger partial charge in [0.15, 0.2) is 6.19 Å². The molecule has 10 aromatic rings. The number of nitrogens with zero attached hydrogens (tertiary/aromatic N) is 3. The molecule has 0 saturated carbocycles. The Bertz CT molecular complexity index is 2960. The maximum absolute atomic E-state index is 9.92. The van der Waals surface area contributed by atoms with Gasteiger partial charge in [0.25, 0.3) is 0 Å². The molecule has 0 aliphatic heterocycles. The van der Waals surface area contributed by atoms with E-state index in [1.165, 1.54) is 65.3 Å². The highest BCUT2D eigenvalue weighted by Gasteiger charge is 2.17. The summed E-state index contributed by atoms with van der Waals surface area (Å²) >= 11 is 0. The van der Waals surface area contributed by atoms with Crippen molar-refractivity contribution in [3.8, 4) is 28.4 Å². The number of anilines is 3. The van der Waals surface area contributed by atoms with Gasteiger partial charge in [-0.3, -0.25) is 4.57 Å². The number of fused-ring (bicyclic) bond motifs is 5. The minimum absolute atomic E-state index is 0.926. The first-order valence-corrected chi connectivity index (χ1v) is 18.4. The zero-order valence-electron chi connectivity index (χ0n) is 30.1. The standard InChI is InChI=1S/C51H35N3/c1-33-34(2)53(32-52)51-24-23-49(31-50(33)51)54(47-19-15-35(16-20-47)41-11-13-43-25-37-7-3-5-9-39(37)27-45(43)29-41)48-21-17-36(18-22-48)42-12-14-44-26-38-8-4-6-10-40(38)28-46(44)30-42/h3-31H,1-2H3. The summed E-state index contributed by atoms with van der Waals surface area (Å²) in [7, 11) is 0. The molecule has 0 N–H and O–H groups in total. The van der Waals surface area contributed by atoms with Crippen LogP contribution in [-0.2, 0) is 0 Å². The van der Waals surface area contributed by atoms with Crippen molar-refractivity contribution in [2.24, 2.45) is 0 Å². The van der Waals surface area contributed by atoms with Crippen LogP contribution in [0.15, 0.2) is 176 Å². The fraction of sp³-hybridized carbons (Fsp3) is 0.0392. The molecule has 254 valence electrons. The van der Waals surface area contributed by atoms with Gasteiger partial charge in [0.05, 0.1) is 5.52 Å². The van der Waals surface area contributed by atoms with Gasteiger partial charge in [-0.05, 0) is 164 Å². The number of rotatable bonds is 5. The van der Waals surface area contributed by atoms with E-state index in [4.69, 9.17) is 0 Å². The predicted octanol–water partition coefficient (Wildman–Crippen LogP) is 14.0. The van der Waals surface area contributed by atoms with E-state index in [0.717, 1.165) is 39.2 Å². The monoisotopic (exact) mass is 689 g/mol. The molecule has 0 radical (unpaired) electrons. The van der Waals surface area contributed by atoms with Gasteiger partial charge in [-0.25, -0.2) is 0 Å². The van der Waals surface area contributed by atoms with Crippen LogP contribution < -0.4 is 4.90 Å². The summed E-state index contributed by atoms with van der Waals surface area (Å²) in [6.45, 7) is 4.11. The van der Waals surface area contributed by atoms with Crippen LogP contribution in [0.25, 0.3) is 76.2 Å². The molecule has 10 rings (SSSR count). The summed E-state index contributed by atoms with van der Waals surface area (Å²) in [6, 6.07) is 63.8. The average molecular weight is 690 g/mol. The van der Waals surface area contributed by atoms with E-state index >= 15 is 0 Å². The summed E-state index contributed by atoms with van der Waals surface area (Å²) in [6.07, 6.45) is 2.36. The van der Waals surface area contributed by atoms with Crippen molar-refractivity contribution in [2.75, 3.05) is 4.90 Å². The van der Waals surface area contributed by atoms with Crippen LogP contribution in [0.2, 0.25) is 0 Å². The summed E-state index contributed by atoms with van der Waals surface area (Å²) in [5.74, 6) is 0. The number of hydrogen-bond donors (Lipinski definition) is 0. The summed E-state index contributed by atoms with van der Waals surface area (Å²) in [4.78, 5) is 2.31. The van der Waals surface area contributed by atoms with Crippen LogP contribution in [0, 0.1) is 25.3 Å². The highest BCUT2D eigenvalue weighted by atomic mass is 15.1. The molecule has 3 heteroatoms. The molecule has 54 heavy (non-hydrogen) atoms. The van der Waals surface area contributed by atoms with Gasteiger partial charge in [0.1, 0.15) is 0 Å². The number of nitriles is 1. The summed E-state index contributed by atoms with van der Waals surface area (Å²) in [5.41, 5.74) is 10.9. The van der Waals surface area contributed by atoms with Gasteiger partial charge in [0.2, 0.25) is 0 Å². The van der Waals surface area contributed by atoms with Gasteiger partial charge in [0, 0.05) is 28.1 Å². The molecule has 0 atom stereocenters. The third kappa shape index (κ3) is 5.28. The summed E-state index contributed by atoms with van der Waals surface area (Å²) in [5, 5.41) is 21.0. The van der Waals surface area contributed by atoms with E-state index in [-0.39, 0.29) is 0 Å². The van der Waals surface area contributed by atoms with Crippen molar-refractivity contribution >= 4 is 71.1 Å². The molecule has 0 unspecified atom stereocenters. The normalized spacial score (nSPS) is 11.5. The maximum Gasteiger partial charge on any atom is 0.189 e. The molecule has 0 aliphatic rings. The molecule has 0 amide bonds. The molecule has 1 heterocycles. The third-order valence-corrected chi connectivity index (χ3v) is 11.2.